The van der Waals surface area contributed by atoms with E-state index in [0.29, 0.717) is 21.6 Å². The number of carbonyl (C=O) groups excluding carboxylic acids is 2. The number of allylic oxidation sites excluding steroid dienone is 1. The van der Waals surface area contributed by atoms with E-state index in [4.69, 9.17) is 23.2 Å². The number of hydrogen-bond donors (Lipinski definition) is 0. The molecule has 1 aromatic rings. The highest BCUT2D eigenvalue weighted by molar-refractivity contribution is 8.02. The minimum atomic E-state index is -0.573. The summed E-state index contributed by atoms with van der Waals surface area (Å²) in [5.74, 6) is 0.425. The molecule has 1 unspecified atom stereocenters. The number of aliphatic imine (C=N–C) groups is 1. The summed E-state index contributed by atoms with van der Waals surface area (Å²) in [5.41, 5.74) is 1.94. The zero-order valence-electron chi connectivity index (χ0n) is 15.5. The Balaban J connectivity index is 2.02. The molecule has 8 heteroatoms. The molecule has 2 aliphatic heterocycles. The largest absolute Gasteiger partial charge is 0.445 e. The summed E-state index contributed by atoms with van der Waals surface area (Å²) >= 11 is 13.8. The maximum Gasteiger partial charge on any atom is 0.445 e. The number of carbonyl (C=O) groups is 2. The first kappa shape index (κ1) is 20.1. The van der Waals surface area contributed by atoms with Crippen LogP contribution in [-0.4, -0.2) is 47.6 Å². The Morgan fingerprint density at radius 2 is 2.00 bits per heavy atom. The highest BCUT2D eigenvalue weighted by Crippen LogP contribution is 2.39. The van der Waals surface area contributed by atoms with E-state index in [1.54, 1.807) is 37.2 Å². The van der Waals surface area contributed by atoms with Gasteiger partial charge in [0.25, 0.3) is 5.84 Å². The number of fused-ring (bicyclic) bond motifs is 1. The van der Waals surface area contributed by atoms with Gasteiger partial charge in [-0.15, -0.1) is 16.8 Å². The first-order valence-corrected chi connectivity index (χ1v) is 10.2. The Labute approximate surface area is 172 Å². The number of thioether (sulfide) groups is 1. The number of amides is 3. The molecule has 2 aliphatic rings. The molecule has 0 bridgehead atoms. The van der Waals surface area contributed by atoms with Gasteiger partial charge >= 0.3 is 11.9 Å². The lowest BCUT2D eigenvalue weighted by molar-refractivity contribution is -0.407. The fourth-order valence-corrected chi connectivity index (χ4v) is 5.01. The van der Waals surface area contributed by atoms with Gasteiger partial charge in [0.1, 0.15) is 6.21 Å². The first-order valence-electron chi connectivity index (χ1n) is 8.49. The molecule has 0 radical (unpaired) electrons. The molecule has 0 spiro atoms. The van der Waals surface area contributed by atoms with Crippen molar-refractivity contribution in [2.75, 3.05) is 14.1 Å². The van der Waals surface area contributed by atoms with Crippen LogP contribution in [0.25, 0.3) is 0 Å². The summed E-state index contributed by atoms with van der Waals surface area (Å²) in [7, 11) is 3.15. The van der Waals surface area contributed by atoms with Gasteiger partial charge in [-0.05, 0) is 23.6 Å². The molecular weight excluding hydrogens is 405 g/mol. The normalized spacial score (nSPS) is 20.1. The quantitative estimate of drug-likeness (QED) is 0.669. The molecular formula is C19H20Cl2N3O2S+. The number of hydrogen-bond acceptors (Lipinski definition) is 4. The molecule has 0 aliphatic carbocycles. The first-order chi connectivity index (χ1) is 12.7. The minimum Gasteiger partial charge on any atom is -0.255 e. The zero-order chi connectivity index (χ0) is 19.9. The van der Waals surface area contributed by atoms with Crippen LogP contribution in [0.3, 0.4) is 0 Å². The lowest BCUT2D eigenvalue weighted by atomic mass is 9.93. The van der Waals surface area contributed by atoms with E-state index >= 15 is 0 Å². The molecule has 27 heavy (non-hydrogen) atoms. The van der Waals surface area contributed by atoms with Crippen LogP contribution >= 0.6 is 35.0 Å². The molecule has 142 valence electrons. The Morgan fingerprint density at radius 1 is 1.30 bits per heavy atom. The predicted octanol–water partition coefficient (Wildman–Crippen LogP) is 4.47. The van der Waals surface area contributed by atoms with Gasteiger partial charge in [0, 0.05) is 26.3 Å². The van der Waals surface area contributed by atoms with Crippen molar-refractivity contribution >= 4 is 59.0 Å². The van der Waals surface area contributed by atoms with Gasteiger partial charge in [-0.3, -0.25) is 4.79 Å². The molecule has 3 rings (SSSR count). The van der Waals surface area contributed by atoms with E-state index in [-0.39, 0.29) is 17.9 Å². The van der Waals surface area contributed by atoms with Crippen LogP contribution in [-0.2, 0) is 10.5 Å². The molecule has 1 atom stereocenters. The van der Waals surface area contributed by atoms with Crippen molar-refractivity contribution in [3.8, 4) is 0 Å². The van der Waals surface area contributed by atoms with Crippen molar-refractivity contribution < 1.29 is 14.2 Å². The van der Waals surface area contributed by atoms with Crippen LogP contribution in [0.4, 0.5) is 4.79 Å². The fraction of sp³-hybridized carbons (Fsp3) is 0.368. The predicted molar refractivity (Wildman–Crippen MR) is 111 cm³/mol. The third-order valence-corrected chi connectivity index (χ3v) is 6.48. The molecule has 5 nitrogen and oxygen atoms in total. The average Bonchev–Trinajstić information content (AvgIpc) is 2.63. The second-order valence-corrected chi connectivity index (χ2v) is 8.65. The number of amidine groups is 1. The monoisotopic (exact) mass is 424 g/mol. The van der Waals surface area contributed by atoms with Crippen molar-refractivity contribution in [2.24, 2.45) is 16.8 Å². The molecule has 0 fully saturated rings. The summed E-state index contributed by atoms with van der Waals surface area (Å²) in [4.78, 5) is 31.7. The third kappa shape index (κ3) is 3.71. The lowest BCUT2D eigenvalue weighted by Gasteiger charge is -2.29. The number of rotatable bonds is 4. The Kier molecular flexibility index (Phi) is 5.79. The molecule has 0 aromatic heterocycles. The Hall–Kier alpha value is -1.63. The second kappa shape index (κ2) is 7.78. The maximum absolute atomic E-state index is 12.9. The van der Waals surface area contributed by atoms with Crippen LogP contribution in [0.1, 0.15) is 19.4 Å². The smallest absolute Gasteiger partial charge is 0.255 e. The minimum absolute atomic E-state index is 0.194. The standard InChI is InChI=1S/C19H20Cl2N3O2S/c1-10(2)13-8-22-17-15(18(25)24(4)19(26)23(17)3)16(13)27-9-11-5-6-12(20)7-14(11)21/h5-8,10,15H,9H2,1-4H3/q+1. The molecule has 3 amide bonds. The number of urea groups is 1. The molecule has 1 aromatic carbocycles. The summed E-state index contributed by atoms with van der Waals surface area (Å²) in [6.45, 7) is 4.13. The van der Waals surface area contributed by atoms with E-state index in [9.17, 15) is 9.59 Å². The van der Waals surface area contributed by atoms with Gasteiger partial charge in [-0.2, -0.15) is 9.48 Å². The Bertz CT molecular complexity index is 922. The van der Waals surface area contributed by atoms with E-state index in [2.05, 4.69) is 18.8 Å². The van der Waals surface area contributed by atoms with Gasteiger partial charge in [0.2, 0.25) is 0 Å². The highest BCUT2D eigenvalue weighted by Gasteiger charge is 2.48. The number of dihydropyridines is 1. The van der Waals surface area contributed by atoms with Crippen molar-refractivity contribution in [3.05, 3.63) is 44.3 Å². The number of benzene rings is 1. The van der Waals surface area contributed by atoms with E-state index in [1.807, 2.05) is 6.07 Å². The van der Waals surface area contributed by atoms with Crippen LogP contribution in [0.15, 0.2) is 33.7 Å². The fourth-order valence-electron chi connectivity index (χ4n) is 3.07. The average molecular weight is 425 g/mol. The van der Waals surface area contributed by atoms with Crippen LogP contribution in [0, 0.1) is 11.8 Å². The third-order valence-electron chi connectivity index (χ3n) is 4.66. The topological polar surface area (TPSA) is 52.8 Å². The molecule has 0 saturated heterocycles. The summed E-state index contributed by atoms with van der Waals surface area (Å²) < 4.78 is 1.44. The van der Waals surface area contributed by atoms with Crippen LogP contribution in [0.5, 0.6) is 0 Å². The summed E-state index contributed by atoms with van der Waals surface area (Å²) in [6, 6.07) is 5.02. The number of halogens is 2. The molecule has 0 saturated carbocycles. The van der Waals surface area contributed by atoms with Crippen molar-refractivity contribution in [3.63, 3.8) is 0 Å². The van der Waals surface area contributed by atoms with Gasteiger partial charge in [0.15, 0.2) is 5.92 Å². The van der Waals surface area contributed by atoms with Gasteiger partial charge in [-0.1, -0.05) is 43.1 Å². The summed E-state index contributed by atoms with van der Waals surface area (Å²) in [5, 5.41) is 1.18. The van der Waals surface area contributed by atoms with Gasteiger partial charge in [-0.25, -0.2) is 4.79 Å². The van der Waals surface area contributed by atoms with Crippen LogP contribution < -0.4 is 0 Å². The molecule has 0 N–H and O–H groups in total. The van der Waals surface area contributed by atoms with E-state index < -0.39 is 5.92 Å². The number of imide groups is 1. The summed E-state index contributed by atoms with van der Waals surface area (Å²) in [6.07, 6.45) is 1.77. The molecule has 2 heterocycles. The van der Waals surface area contributed by atoms with Crippen molar-refractivity contribution in [1.29, 1.82) is 0 Å². The van der Waals surface area contributed by atoms with Gasteiger partial charge in [0.05, 0.1) is 14.1 Å². The van der Waals surface area contributed by atoms with Crippen molar-refractivity contribution in [2.45, 2.75) is 19.6 Å². The van der Waals surface area contributed by atoms with E-state index in [1.165, 1.54) is 11.6 Å². The van der Waals surface area contributed by atoms with Gasteiger partial charge < -0.3 is 0 Å². The van der Waals surface area contributed by atoms with E-state index in [0.717, 1.165) is 20.9 Å². The highest BCUT2D eigenvalue weighted by atomic mass is 35.5. The SMILES string of the molecule is CC(C)C1=C(SCc2ccc(Cl)cc2Cl)C2C(=O)N(C)C(=O)[N+](C)=C2N=C1. The maximum atomic E-state index is 12.9. The number of nitrogens with zero attached hydrogens (tertiary/aromatic N) is 3. The second-order valence-electron chi connectivity index (χ2n) is 6.79. The zero-order valence-corrected chi connectivity index (χ0v) is 17.8. The van der Waals surface area contributed by atoms with Crippen LogP contribution in [0.2, 0.25) is 10.0 Å². The Morgan fingerprint density at radius 3 is 2.63 bits per heavy atom. The lowest BCUT2D eigenvalue weighted by Crippen LogP contribution is -2.52. The van der Waals surface area contributed by atoms with Crippen molar-refractivity contribution in [1.82, 2.24) is 4.90 Å².